The SMILES string of the molecule is Cc1c(Cl)cnc2c3c(nn12)CN(C(=O)c1ccc(F)cc1O[C@H]1C[C@H]2CC[C@@H](C1)N2C)C3. The van der Waals surface area contributed by atoms with Crippen LogP contribution in [0.1, 0.15) is 53.0 Å². The molecule has 6 rings (SSSR count). The molecule has 0 saturated carbocycles. The second-order valence-corrected chi connectivity index (χ2v) is 9.82. The van der Waals surface area contributed by atoms with Gasteiger partial charge in [-0.1, -0.05) is 11.6 Å². The highest BCUT2D eigenvalue weighted by Crippen LogP contribution is 2.37. The molecule has 2 saturated heterocycles. The van der Waals surface area contributed by atoms with Crippen LogP contribution in [0.3, 0.4) is 0 Å². The molecule has 3 aliphatic rings. The van der Waals surface area contributed by atoms with Gasteiger partial charge < -0.3 is 14.5 Å². The molecule has 1 aromatic carbocycles. The first kappa shape index (κ1) is 20.9. The molecule has 5 heterocycles. The normalized spacial score (nSPS) is 24.5. The smallest absolute Gasteiger partial charge is 0.258 e. The lowest BCUT2D eigenvalue weighted by molar-refractivity contribution is 0.0622. The van der Waals surface area contributed by atoms with Gasteiger partial charge in [0.1, 0.15) is 17.7 Å². The molecule has 172 valence electrons. The van der Waals surface area contributed by atoms with Gasteiger partial charge in [-0.15, -0.1) is 0 Å². The number of aromatic nitrogens is 3. The van der Waals surface area contributed by atoms with Crippen LogP contribution < -0.4 is 4.74 Å². The average Bonchev–Trinajstić information content (AvgIpc) is 3.40. The van der Waals surface area contributed by atoms with E-state index in [0.29, 0.717) is 47.2 Å². The Kier molecular flexibility index (Phi) is 4.85. The Morgan fingerprint density at radius 2 is 1.97 bits per heavy atom. The van der Waals surface area contributed by atoms with Crippen molar-refractivity contribution < 1.29 is 13.9 Å². The summed E-state index contributed by atoms with van der Waals surface area (Å²) in [6, 6.07) is 5.18. The van der Waals surface area contributed by atoms with Gasteiger partial charge in [-0.3, -0.25) is 4.79 Å². The number of hydrogen-bond donors (Lipinski definition) is 0. The molecule has 3 aromatic rings. The molecule has 0 unspecified atom stereocenters. The minimum Gasteiger partial charge on any atom is -0.489 e. The fourth-order valence-corrected chi connectivity index (χ4v) is 5.73. The standard InChI is InChI=1S/C24H25ClFN5O2/c1-13-20(25)10-27-23-19-11-30(12-21(19)28-31(13)23)24(32)18-6-3-14(26)7-22(18)33-17-8-15-4-5-16(9-17)29(15)2/h3,6-7,10,15-17H,4-5,8-9,11-12H2,1-2H3/t15-,16+,17+. The molecular weight excluding hydrogens is 445 g/mol. The summed E-state index contributed by atoms with van der Waals surface area (Å²) < 4.78 is 22.1. The van der Waals surface area contributed by atoms with E-state index in [1.807, 2.05) is 6.92 Å². The third-order valence-electron chi connectivity index (χ3n) is 7.50. The number of carbonyl (C=O) groups is 1. The zero-order valence-electron chi connectivity index (χ0n) is 18.6. The molecule has 2 aromatic heterocycles. The summed E-state index contributed by atoms with van der Waals surface area (Å²) in [5, 5.41) is 5.17. The van der Waals surface area contributed by atoms with E-state index in [4.69, 9.17) is 16.3 Å². The molecule has 33 heavy (non-hydrogen) atoms. The number of hydrogen-bond acceptors (Lipinski definition) is 5. The predicted molar refractivity (Wildman–Crippen MR) is 121 cm³/mol. The van der Waals surface area contributed by atoms with Gasteiger partial charge in [-0.05, 0) is 51.8 Å². The van der Waals surface area contributed by atoms with Crippen LogP contribution in [0.2, 0.25) is 5.02 Å². The molecule has 9 heteroatoms. The topological polar surface area (TPSA) is 63.0 Å². The van der Waals surface area contributed by atoms with E-state index in [1.165, 1.54) is 31.0 Å². The van der Waals surface area contributed by atoms with E-state index < -0.39 is 5.82 Å². The molecule has 0 spiro atoms. The second kappa shape index (κ2) is 7.67. The molecule has 3 aliphatic heterocycles. The second-order valence-electron chi connectivity index (χ2n) is 9.42. The number of nitrogens with zero attached hydrogens (tertiary/aromatic N) is 5. The number of piperidine rings is 1. The number of aryl methyl sites for hydroxylation is 1. The number of fused-ring (bicyclic) bond motifs is 5. The van der Waals surface area contributed by atoms with Crippen molar-refractivity contribution in [1.29, 1.82) is 0 Å². The van der Waals surface area contributed by atoms with Gasteiger partial charge in [0.2, 0.25) is 0 Å². The van der Waals surface area contributed by atoms with E-state index in [9.17, 15) is 9.18 Å². The van der Waals surface area contributed by atoms with Crippen LogP contribution in [0.25, 0.3) is 5.65 Å². The Morgan fingerprint density at radius 1 is 1.21 bits per heavy atom. The Bertz CT molecular complexity index is 1260. The lowest BCUT2D eigenvalue weighted by Gasteiger charge is -2.36. The first-order chi connectivity index (χ1) is 15.9. The molecule has 2 bridgehead atoms. The molecule has 1 amide bonds. The summed E-state index contributed by atoms with van der Waals surface area (Å²) in [6.45, 7) is 2.64. The van der Waals surface area contributed by atoms with Crippen molar-refractivity contribution >= 4 is 23.2 Å². The largest absolute Gasteiger partial charge is 0.489 e. The number of carbonyl (C=O) groups excluding carboxylic acids is 1. The number of amides is 1. The highest BCUT2D eigenvalue weighted by Gasteiger charge is 2.40. The fraction of sp³-hybridized carbons (Fsp3) is 0.458. The maximum absolute atomic E-state index is 14.1. The highest BCUT2D eigenvalue weighted by atomic mass is 35.5. The van der Waals surface area contributed by atoms with Crippen molar-refractivity contribution in [3.05, 3.63) is 57.8 Å². The van der Waals surface area contributed by atoms with Crippen molar-refractivity contribution in [2.75, 3.05) is 7.05 Å². The van der Waals surface area contributed by atoms with Gasteiger partial charge in [0.25, 0.3) is 5.91 Å². The third-order valence-corrected chi connectivity index (χ3v) is 7.87. The predicted octanol–water partition coefficient (Wildman–Crippen LogP) is 3.99. The van der Waals surface area contributed by atoms with Crippen LogP contribution in [0.4, 0.5) is 4.39 Å². The molecule has 0 N–H and O–H groups in total. The van der Waals surface area contributed by atoms with E-state index in [1.54, 1.807) is 15.6 Å². The molecule has 2 fully saturated rings. The minimum atomic E-state index is -0.406. The monoisotopic (exact) mass is 469 g/mol. The van der Waals surface area contributed by atoms with Crippen molar-refractivity contribution in [1.82, 2.24) is 24.4 Å². The summed E-state index contributed by atoms with van der Waals surface area (Å²) in [7, 11) is 2.17. The zero-order chi connectivity index (χ0) is 22.9. The van der Waals surface area contributed by atoms with Crippen LogP contribution in [0.15, 0.2) is 24.4 Å². The van der Waals surface area contributed by atoms with Crippen molar-refractivity contribution in [3.63, 3.8) is 0 Å². The van der Waals surface area contributed by atoms with Crippen molar-refractivity contribution in [2.45, 2.75) is 63.9 Å². The van der Waals surface area contributed by atoms with E-state index >= 15 is 0 Å². The lowest BCUT2D eigenvalue weighted by atomic mass is 10.0. The Balaban J connectivity index is 1.25. The van der Waals surface area contributed by atoms with Crippen LogP contribution in [0.5, 0.6) is 5.75 Å². The number of rotatable bonds is 3. The quantitative estimate of drug-likeness (QED) is 0.580. The molecule has 0 radical (unpaired) electrons. The first-order valence-corrected chi connectivity index (χ1v) is 11.8. The molecular formula is C24H25ClFN5O2. The zero-order valence-corrected chi connectivity index (χ0v) is 19.3. The Morgan fingerprint density at radius 3 is 2.73 bits per heavy atom. The van der Waals surface area contributed by atoms with E-state index in [2.05, 4.69) is 22.0 Å². The van der Waals surface area contributed by atoms with E-state index in [0.717, 1.165) is 29.8 Å². The number of halogens is 2. The van der Waals surface area contributed by atoms with Gasteiger partial charge in [-0.2, -0.15) is 5.10 Å². The Labute approximate surface area is 196 Å². The van der Waals surface area contributed by atoms with Gasteiger partial charge in [0, 0.05) is 29.9 Å². The third kappa shape index (κ3) is 3.38. The maximum atomic E-state index is 14.1. The molecule has 0 aliphatic carbocycles. The van der Waals surface area contributed by atoms with Crippen LogP contribution in [-0.2, 0) is 13.1 Å². The summed E-state index contributed by atoms with van der Waals surface area (Å²) in [6.07, 6.45) is 5.74. The van der Waals surface area contributed by atoms with Gasteiger partial charge in [0.05, 0.1) is 35.1 Å². The number of benzene rings is 1. The van der Waals surface area contributed by atoms with Crippen molar-refractivity contribution in [2.24, 2.45) is 0 Å². The molecule has 7 nitrogen and oxygen atoms in total. The lowest BCUT2D eigenvalue weighted by Crippen LogP contribution is -2.44. The van der Waals surface area contributed by atoms with Crippen LogP contribution in [-0.4, -0.2) is 55.5 Å². The van der Waals surface area contributed by atoms with Gasteiger partial charge >= 0.3 is 0 Å². The minimum absolute atomic E-state index is 0.0102. The van der Waals surface area contributed by atoms with Crippen LogP contribution in [0, 0.1) is 12.7 Å². The highest BCUT2D eigenvalue weighted by molar-refractivity contribution is 6.31. The maximum Gasteiger partial charge on any atom is 0.258 e. The van der Waals surface area contributed by atoms with E-state index in [-0.39, 0.29) is 12.0 Å². The van der Waals surface area contributed by atoms with Crippen LogP contribution >= 0.6 is 11.6 Å². The summed E-state index contributed by atoms with van der Waals surface area (Å²) >= 11 is 6.17. The summed E-state index contributed by atoms with van der Waals surface area (Å²) in [5.74, 6) is -0.271. The van der Waals surface area contributed by atoms with Gasteiger partial charge in [-0.25, -0.2) is 13.9 Å². The fourth-order valence-electron chi connectivity index (χ4n) is 5.60. The summed E-state index contributed by atoms with van der Waals surface area (Å²) in [4.78, 5) is 22.0. The molecule has 3 atom stereocenters. The van der Waals surface area contributed by atoms with Crippen molar-refractivity contribution in [3.8, 4) is 5.75 Å². The number of ether oxygens (including phenoxy) is 1. The summed E-state index contributed by atoms with van der Waals surface area (Å²) in [5.41, 5.74) is 3.63. The first-order valence-electron chi connectivity index (χ1n) is 11.4. The van der Waals surface area contributed by atoms with Gasteiger partial charge in [0.15, 0.2) is 5.65 Å². The average molecular weight is 470 g/mol. The Hall–Kier alpha value is -2.71.